The zero-order valence-corrected chi connectivity index (χ0v) is 13.0. The second-order valence-electron chi connectivity index (χ2n) is 7.63. The molecule has 2 saturated carbocycles. The van der Waals surface area contributed by atoms with Crippen molar-refractivity contribution in [2.75, 3.05) is 0 Å². The van der Waals surface area contributed by atoms with Crippen molar-refractivity contribution in [1.29, 1.82) is 0 Å². The summed E-state index contributed by atoms with van der Waals surface area (Å²) in [6.07, 6.45) is 4.22. The van der Waals surface area contributed by atoms with Crippen molar-refractivity contribution < 1.29 is 0 Å². The maximum absolute atomic E-state index is 4.43. The molecule has 3 unspecified atom stereocenters. The van der Waals surface area contributed by atoms with E-state index in [1.807, 2.05) is 11.7 Å². The highest BCUT2D eigenvalue weighted by Crippen LogP contribution is 2.62. The SMILES string of the molecule is Cc1cc(CNC2C3(C)CCC(C3)C2(C)C)n(C)n1. The second-order valence-corrected chi connectivity index (χ2v) is 7.63. The fourth-order valence-electron chi connectivity index (χ4n) is 4.85. The third-order valence-corrected chi connectivity index (χ3v) is 5.86. The molecule has 1 N–H and O–H groups in total. The van der Waals surface area contributed by atoms with Gasteiger partial charge in [-0.15, -0.1) is 0 Å². The molecule has 1 heterocycles. The maximum atomic E-state index is 4.43. The lowest BCUT2D eigenvalue weighted by Gasteiger charge is -2.43. The number of fused-ring (bicyclic) bond motifs is 2. The molecule has 3 heteroatoms. The van der Waals surface area contributed by atoms with Crippen LogP contribution in [0.2, 0.25) is 0 Å². The van der Waals surface area contributed by atoms with Gasteiger partial charge in [-0.1, -0.05) is 20.8 Å². The van der Waals surface area contributed by atoms with Gasteiger partial charge in [0, 0.05) is 19.6 Å². The first-order valence-electron chi connectivity index (χ1n) is 7.56. The van der Waals surface area contributed by atoms with E-state index in [0.717, 1.165) is 18.2 Å². The van der Waals surface area contributed by atoms with E-state index in [9.17, 15) is 0 Å². The van der Waals surface area contributed by atoms with Crippen LogP contribution >= 0.6 is 0 Å². The lowest BCUT2D eigenvalue weighted by atomic mass is 9.68. The Kier molecular flexibility index (Phi) is 2.83. The van der Waals surface area contributed by atoms with E-state index >= 15 is 0 Å². The van der Waals surface area contributed by atoms with Gasteiger partial charge in [-0.3, -0.25) is 4.68 Å². The number of hydrogen-bond donors (Lipinski definition) is 1. The topological polar surface area (TPSA) is 29.9 Å². The molecule has 1 aromatic heterocycles. The fourth-order valence-corrected chi connectivity index (χ4v) is 4.85. The van der Waals surface area contributed by atoms with E-state index in [4.69, 9.17) is 0 Å². The molecule has 0 aliphatic heterocycles. The Bertz CT molecular complexity index is 483. The number of nitrogens with zero attached hydrogens (tertiary/aromatic N) is 2. The largest absolute Gasteiger partial charge is 0.307 e. The molecule has 0 radical (unpaired) electrons. The van der Waals surface area contributed by atoms with Gasteiger partial charge in [0.05, 0.1) is 11.4 Å². The minimum Gasteiger partial charge on any atom is -0.307 e. The molecule has 106 valence electrons. The molecule has 2 aliphatic rings. The van der Waals surface area contributed by atoms with Crippen molar-refractivity contribution in [2.24, 2.45) is 23.8 Å². The third-order valence-electron chi connectivity index (χ3n) is 5.86. The van der Waals surface area contributed by atoms with E-state index < -0.39 is 0 Å². The van der Waals surface area contributed by atoms with E-state index in [1.54, 1.807) is 0 Å². The Labute approximate surface area is 116 Å². The summed E-state index contributed by atoms with van der Waals surface area (Å²) in [5.74, 6) is 0.906. The number of hydrogen-bond acceptors (Lipinski definition) is 2. The van der Waals surface area contributed by atoms with Crippen molar-refractivity contribution in [2.45, 2.75) is 59.5 Å². The van der Waals surface area contributed by atoms with Crippen LogP contribution in [-0.2, 0) is 13.6 Å². The molecular weight excluding hydrogens is 234 g/mol. The molecule has 2 aliphatic carbocycles. The zero-order valence-electron chi connectivity index (χ0n) is 13.0. The van der Waals surface area contributed by atoms with Crippen molar-refractivity contribution in [3.63, 3.8) is 0 Å². The summed E-state index contributed by atoms with van der Waals surface area (Å²) in [4.78, 5) is 0. The van der Waals surface area contributed by atoms with Gasteiger partial charge in [0.15, 0.2) is 0 Å². The van der Waals surface area contributed by atoms with E-state index in [0.29, 0.717) is 16.9 Å². The molecule has 3 nitrogen and oxygen atoms in total. The van der Waals surface area contributed by atoms with E-state index in [2.05, 4.69) is 44.2 Å². The van der Waals surface area contributed by atoms with Crippen molar-refractivity contribution >= 4 is 0 Å². The minimum absolute atomic E-state index is 0.431. The molecule has 2 fully saturated rings. The van der Waals surface area contributed by atoms with Crippen molar-refractivity contribution in [3.8, 4) is 0 Å². The zero-order chi connectivity index (χ0) is 13.8. The number of aromatic nitrogens is 2. The highest BCUT2D eigenvalue weighted by Gasteiger charge is 2.58. The summed E-state index contributed by atoms with van der Waals surface area (Å²) in [7, 11) is 2.04. The summed E-state index contributed by atoms with van der Waals surface area (Å²) in [6.45, 7) is 10.4. The fraction of sp³-hybridized carbons (Fsp3) is 0.812. The molecule has 0 amide bonds. The van der Waals surface area contributed by atoms with Gasteiger partial charge < -0.3 is 5.32 Å². The molecule has 3 rings (SSSR count). The van der Waals surface area contributed by atoms with E-state index in [-0.39, 0.29) is 0 Å². The molecule has 2 bridgehead atoms. The van der Waals surface area contributed by atoms with Crippen molar-refractivity contribution in [3.05, 3.63) is 17.5 Å². The van der Waals surface area contributed by atoms with Crippen LogP contribution in [0.25, 0.3) is 0 Å². The maximum Gasteiger partial charge on any atom is 0.0597 e. The van der Waals surface area contributed by atoms with Crippen LogP contribution in [0, 0.1) is 23.7 Å². The highest BCUT2D eigenvalue weighted by atomic mass is 15.3. The van der Waals surface area contributed by atoms with Gasteiger partial charge in [-0.2, -0.15) is 5.10 Å². The predicted molar refractivity (Wildman–Crippen MR) is 77.8 cm³/mol. The highest BCUT2D eigenvalue weighted by molar-refractivity contribution is 5.14. The smallest absolute Gasteiger partial charge is 0.0597 e. The minimum atomic E-state index is 0.431. The Morgan fingerprint density at radius 3 is 2.68 bits per heavy atom. The monoisotopic (exact) mass is 261 g/mol. The van der Waals surface area contributed by atoms with Gasteiger partial charge in [0.2, 0.25) is 0 Å². The molecule has 0 spiro atoms. The first kappa shape index (κ1) is 13.2. The van der Waals surface area contributed by atoms with Gasteiger partial charge in [0.1, 0.15) is 0 Å². The number of rotatable bonds is 3. The Hall–Kier alpha value is -0.830. The average molecular weight is 261 g/mol. The van der Waals surface area contributed by atoms with Crippen LogP contribution in [0.1, 0.15) is 51.4 Å². The average Bonchev–Trinajstić information content (AvgIpc) is 2.88. The van der Waals surface area contributed by atoms with Crippen LogP contribution in [0.3, 0.4) is 0 Å². The van der Waals surface area contributed by atoms with Gasteiger partial charge in [-0.25, -0.2) is 0 Å². The molecule has 1 aromatic rings. The summed E-state index contributed by atoms with van der Waals surface area (Å²) < 4.78 is 2.00. The first-order valence-corrected chi connectivity index (χ1v) is 7.56. The van der Waals surface area contributed by atoms with Gasteiger partial charge in [-0.05, 0) is 49.0 Å². The van der Waals surface area contributed by atoms with Gasteiger partial charge >= 0.3 is 0 Å². The summed E-state index contributed by atoms with van der Waals surface area (Å²) in [6, 6.07) is 2.82. The van der Waals surface area contributed by atoms with E-state index in [1.165, 1.54) is 25.0 Å². The van der Waals surface area contributed by atoms with Gasteiger partial charge in [0.25, 0.3) is 0 Å². The second kappa shape index (κ2) is 4.08. The van der Waals surface area contributed by atoms with Crippen LogP contribution in [0.5, 0.6) is 0 Å². The van der Waals surface area contributed by atoms with Crippen LogP contribution in [0.4, 0.5) is 0 Å². The molecule has 0 saturated heterocycles. The van der Waals surface area contributed by atoms with Crippen LogP contribution < -0.4 is 5.32 Å². The molecule has 3 atom stereocenters. The molecule has 0 aromatic carbocycles. The lowest BCUT2D eigenvalue weighted by molar-refractivity contribution is 0.107. The van der Waals surface area contributed by atoms with Crippen molar-refractivity contribution in [1.82, 2.24) is 15.1 Å². The number of nitrogens with one attached hydrogen (secondary N) is 1. The van der Waals surface area contributed by atoms with Crippen LogP contribution in [0.15, 0.2) is 6.07 Å². The Morgan fingerprint density at radius 1 is 1.42 bits per heavy atom. The molecular formula is C16H27N3. The first-order chi connectivity index (χ1) is 8.83. The lowest BCUT2D eigenvalue weighted by Crippen LogP contribution is -2.50. The summed E-state index contributed by atoms with van der Waals surface area (Å²) >= 11 is 0. The normalized spacial score (nSPS) is 36.1. The third kappa shape index (κ3) is 1.94. The number of aryl methyl sites for hydroxylation is 2. The summed E-state index contributed by atoms with van der Waals surface area (Å²) in [5.41, 5.74) is 3.33. The van der Waals surface area contributed by atoms with Crippen LogP contribution in [-0.4, -0.2) is 15.8 Å². The molecule has 19 heavy (non-hydrogen) atoms. The Morgan fingerprint density at radius 2 is 2.16 bits per heavy atom. The quantitative estimate of drug-likeness (QED) is 0.906. The summed E-state index contributed by atoms with van der Waals surface area (Å²) in [5, 5.41) is 8.29. The predicted octanol–water partition coefficient (Wildman–Crippen LogP) is 3.03. The standard InChI is InChI=1S/C16H27N3/c1-11-8-13(19(5)18-11)10-17-14-15(2,3)12-6-7-16(14,4)9-12/h8,12,14,17H,6-7,9-10H2,1-5H3. The Balaban J connectivity index is 1.75.